The van der Waals surface area contributed by atoms with E-state index < -0.39 is 0 Å². The van der Waals surface area contributed by atoms with Crippen LogP contribution in [0.5, 0.6) is 0 Å². The largest absolute Gasteiger partial charge is 0.348 e. The Balaban J connectivity index is 2.00. The van der Waals surface area contributed by atoms with Crippen molar-refractivity contribution < 1.29 is 14.0 Å². The van der Waals surface area contributed by atoms with Gasteiger partial charge in [0.25, 0.3) is 11.8 Å². The minimum absolute atomic E-state index is 0.0681. The Kier molecular flexibility index (Phi) is 5.70. The zero-order valence-electron chi connectivity index (χ0n) is 12.8. The molecule has 0 saturated carbocycles. The second-order valence-corrected chi connectivity index (χ2v) is 6.37. The van der Waals surface area contributed by atoms with Gasteiger partial charge in [0.2, 0.25) is 0 Å². The van der Waals surface area contributed by atoms with Gasteiger partial charge in [-0.25, -0.2) is 4.39 Å². The molecule has 0 fully saturated rings. The fraction of sp³-hybridized carbons (Fsp3) is 0.176. The van der Waals surface area contributed by atoms with Crippen molar-refractivity contribution in [3.8, 4) is 0 Å². The molecule has 0 aliphatic rings. The summed E-state index contributed by atoms with van der Waals surface area (Å²) in [6.07, 6.45) is 0. The maximum absolute atomic E-state index is 13.1. The smallest absolute Gasteiger partial charge is 0.253 e. The van der Waals surface area contributed by atoms with Gasteiger partial charge in [-0.15, -0.1) is 0 Å². The molecule has 23 heavy (non-hydrogen) atoms. The molecule has 2 aromatic rings. The molecule has 0 saturated heterocycles. The highest BCUT2D eigenvalue weighted by atomic mass is 127. The van der Waals surface area contributed by atoms with Crippen LogP contribution in [0.1, 0.15) is 26.3 Å². The van der Waals surface area contributed by atoms with E-state index in [2.05, 4.69) is 5.32 Å². The predicted molar refractivity (Wildman–Crippen MR) is 94.7 cm³/mol. The van der Waals surface area contributed by atoms with E-state index >= 15 is 0 Å². The third-order valence-electron chi connectivity index (χ3n) is 3.24. The molecule has 0 heterocycles. The molecule has 0 bridgehead atoms. The van der Waals surface area contributed by atoms with Crippen LogP contribution < -0.4 is 5.32 Å². The normalized spacial score (nSPS) is 10.3. The summed E-state index contributed by atoms with van der Waals surface area (Å²) < 4.78 is 13.6. The summed E-state index contributed by atoms with van der Waals surface area (Å²) in [7, 11) is 3.39. The van der Waals surface area contributed by atoms with E-state index in [1.54, 1.807) is 38.4 Å². The molecule has 0 radical (unpaired) electrons. The number of rotatable bonds is 4. The van der Waals surface area contributed by atoms with Crippen molar-refractivity contribution in [2.45, 2.75) is 6.54 Å². The number of nitrogens with zero attached hydrogens (tertiary/aromatic N) is 1. The summed E-state index contributed by atoms with van der Waals surface area (Å²) in [6, 6.07) is 11.1. The standard InChI is InChI=1S/C17H16FIN2O2/c1-21(2)17(23)12-5-3-11(4-6-12)10-20-16(22)14-8-7-13(18)9-15(14)19/h3-9H,10H2,1-2H3,(H,20,22). The van der Waals surface area contributed by atoms with Crippen molar-refractivity contribution in [2.24, 2.45) is 0 Å². The lowest BCUT2D eigenvalue weighted by molar-refractivity contribution is 0.0827. The molecule has 0 atom stereocenters. The summed E-state index contributed by atoms with van der Waals surface area (Å²) in [4.78, 5) is 25.4. The third-order valence-corrected chi connectivity index (χ3v) is 4.13. The van der Waals surface area contributed by atoms with Crippen LogP contribution in [0.4, 0.5) is 4.39 Å². The molecule has 2 aromatic carbocycles. The maximum atomic E-state index is 13.1. The van der Waals surface area contributed by atoms with Gasteiger partial charge in [-0.05, 0) is 58.5 Å². The van der Waals surface area contributed by atoms with Gasteiger partial charge >= 0.3 is 0 Å². The van der Waals surface area contributed by atoms with Crippen molar-refractivity contribution in [3.05, 3.63) is 68.5 Å². The Hall–Kier alpha value is -1.96. The predicted octanol–water partition coefficient (Wildman–Crippen LogP) is 3.06. The molecule has 2 amide bonds. The van der Waals surface area contributed by atoms with E-state index in [0.717, 1.165) is 5.56 Å². The first-order valence-electron chi connectivity index (χ1n) is 6.92. The number of amides is 2. The lowest BCUT2D eigenvalue weighted by atomic mass is 10.1. The molecule has 0 aromatic heterocycles. The highest BCUT2D eigenvalue weighted by molar-refractivity contribution is 14.1. The van der Waals surface area contributed by atoms with Gasteiger partial charge in [0.15, 0.2) is 0 Å². The summed E-state index contributed by atoms with van der Waals surface area (Å²) in [5.74, 6) is -0.698. The van der Waals surface area contributed by atoms with Crippen molar-refractivity contribution in [3.63, 3.8) is 0 Å². The zero-order chi connectivity index (χ0) is 17.0. The minimum atomic E-state index is -0.368. The summed E-state index contributed by atoms with van der Waals surface area (Å²) in [5.41, 5.74) is 1.91. The van der Waals surface area contributed by atoms with Crippen molar-refractivity contribution in [2.75, 3.05) is 14.1 Å². The molecule has 2 rings (SSSR count). The van der Waals surface area contributed by atoms with Gasteiger partial charge < -0.3 is 10.2 Å². The van der Waals surface area contributed by atoms with Gasteiger partial charge in [0.1, 0.15) is 5.82 Å². The zero-order valence-corrected chi connectivity index (χ0v) is 14.9. The average molecular weight is 426 g/mol. The van der Waals surface area contributed by atoms with E-state index in [4.69, 9.17) is 0 Å². The molecule has 120 valence electrons. The molecule has 0 unspecified atom stereocenters. The van der Waals surface area contributed by atoms with Crippen LogP contribution in [0.15, 0.2) is 42.5 Å². The SMILES string of the molecule is CN(C)C(=O)c1ccc(CNC(=O)c2ccc(F)cc2I)cc1. The second-order valence-electron chi connectivity index (χ2n) is 5.20. The topological polar surface area (TPSA) is 49.4 Å². The van der Waals surface area contributed by atoms with Crippen molar-refractivity contribution >= 4 is 34.4 Å². The van der Waals surface area contributed by atoms with Crippen molar-refractivity contribution in [1.29, 1.82) is 0 Å². The molecule has 6 heteroatoms. The van der Waals surface area contributed by atoms with E-state index in [1.165, 1.54) is 23.1 Å². The van der Waals surface area contributed by atoms with Crippen LogP contribution in [0.2, 0.25) is 0 Å². The quantitative estimate of drug-likeness (QED) is 0.765. The lowest BCUT2D eigenvalue weighted by Gasteiger charge is -2.11. The van der Waals surface area contributed by atoms with Crippen LogP contribution in [0.25, 0.3) is 0 Å². The highest BCUT2D eigenvalue weighted by Gasteiger charge is 2.11. The Morgan fingerprint density at radius 2 is 1.78 bits per heavy atom. The second kappa shape index (κ2) is 7.54. The third kappa shape index (κ3) is 4.51. The summed E-state index contributed by atoms with van der Waals surface area (Å²) >= 11 is 1.93. The van der Waals surface area contributed by atoms with Crippen LogP contribution in [-0.2, 0) is 6.54 Å². The Labute approximate surface area is 147 Å². The van der Waals surface area contributed by atoms with Crippen LogP contribution >= 0.6 is 22.6 Å². The van der Waals surface area contributed by atoms with Gasteiger partial charge in [-0.2, -0.15) is 0 Å². The van der Waals surface area contributed by atoms with E-state index in [0.29, 0.717) is 21.2 Å². The molecule has 0 aliphatic heterocycles. The van der Waals surface area contributed by atoms with Crippen LogP contribution in [0.3, 0.4) is 0 Å². The van der Waals surface area contributed by atoms with Gasteiger partial charge in [0, 0.05) is 29.8 Å². The number of hydrogen-bond donors (Lipinski definition) is 1. The molecule has 4 nitrogen and oxygen atoms in total. The first-order chi connectivity index (χ1) is 10.9. The maximum Gasteiger partial charge on any atom is 0.253 e. The fourth-order valence-electron chi connectivity index (χ4n) is 1.97. The summed E-state index contributed by atoms with van der Waals surface area (Å²) in [6.45, 7) is 0.336. The highest BCUT2D eigenvalue weighted by Crippen LogP contribution is 2.14. The minimum Gasteiger partial charge on any atom is -0.348 e. The summed E-state index contributed by atoms with van der Waals surface area (Å²) in [5, 5.41) is 2.79. The molecular weight excluding hydrogens is 410 g/mol. The van der Waals surface area contributed by atoms with Gasteiger partial charge in [-0.1, -0.05) is 12.1 Å². The van der Waals surface area contributed by atoms with Gasteiger partial charge in [-0.3, -0.25) is 9.59 Å². The Morgan fingerprint density at radius 3 is 2.35 bits per heavy atom. The van der Waals surface area contributed by atoms with Gasteiger partial charge in [0.05, 0.1) is 5.56 Å². The van der Waals surface area contributed by atoms with E-state index in [-0.39, 0.29) is 17.6 Å². The number of benzene rings is 2. The molecule has 0 spiro atoms. The Bertz CT molecular complexity index is 730. The first kappa shape index (κ1) is 17.4. The van der Waals surface area contributed by atoms with E-state index in [1.807, 2.05) is 22.6 Å². The molecule has 1 N–H and O–H groups in total. The molecule has 0 aliphatic carbocycles. The number of carbonyl (C=O) groups is 2. The Morgan fingerprint density at radius 1 is 1.13 bits per heavy atom. The average Bonchev–Trinajstić information content (AvgIpc) is 2.52. The number of halogens is 2. The fourth-order valence-corrected chi connectivity index (χ4v) is 2.70. The number of nitrogens with one attached hydrogen (secondary N) is 1. The number of carbonyl (C=O) groups excluding carboxylic acids is 2. The first-order valence-corrected chi connectivity index (χ1v) is 8.00. The monoisotopic (exact) mass is 426 g/mol. The molecular formula is C17H16FIN2O2. The van der Waals surface area contributed by atoms with Crippen LogP contribution in [0, 0.1) is 9.39 Å². The number of hydrogen-bond acceptors (Lipinski definition) is 2. The lowest BCUT2D eigenvalue weighted by Crippen LogP contribution is -2.24. The van der Waals surface area contributed by atoms with E-state index in [9.17, 15) is 14.0 Å². The van der Waals surface area contributed by atoms with Crippen molar-refractivity contribution in [1.82, 2.24) is 10.2 Å². The van der Waals surface area contributed by atoms with Crippen LogP contribution in [-0.4, -0.2) is 30.8 Å².